The van der Waals surface area contributed by atoms with Crippen molar-refractivity contribution < 1.29 is 9.59 Å². The number of carbonyl (C=O) groups excluding carboxylic acids is 2. The van der Waals surface area contributed by atoms with Gasteiger partial charge in [-0.05, 0) is 30.1 Å². The number of nitrogens with one attached hydrogen (secondary N) is 1. The molecule has 2 amide bonds. The van der Waals surface area contributed by atoms with Gasteiger partial charge in [0.2, 0.25) is 0 Å². The predicted molar refractivity (Wildman–Crippen MR) is 105 cm³/mol. The van der Waals surface area contributed by atoms with Gasteiger partial charge < -0.3 is 4.57 Å². The van der Waals surface area contributed by atoms with Gasteiger partial charge in [-0.15, -0.1) is 17.9 Å². The van der Waals surface area contributed by atoms with E-state index in [-0.39, 0.29) is 22.4 Å². The first-order valence-electron chi connectivity index (χ1n) is 7.22. The van der Waals surface area contributed by atoms with Crippen LogP contribution in [0.5, 0.6) is 0 Å². The number of carbonyl (C=O) groups is 2. The molecular weight excluding hydrogens is 414 g/mol. The molecule has 134 valence electrons. The van der Waals surface area contributed by atoms with Crippen LogP contribution in [0.2, 0.25) is 5.15 Å². The van der Waals surface area contributed by atoms with Gasteiger partial charge in [0.05, 0.1) is 4.88 Å². The zero-order chi connectivity index (χ0) is 18.8. The summed E-state index contributed by atoms with van der Waals surface area (Å²) in [5.41, 5.74) is -0.0560. The number of thiocarbonyl (C=S) groups is 1. The van der Waals surface area contributed by atoms with E-state index in [1.807, 2.05) is 17.8 Å². The number of amides is 2. The van der Waals surface area contributed by atoms with Crippen LogP contribution in [0.1, 0.15) is 4.88 Å². The molecule has 3 heterocycles. The van der Waals surface area contributed by atoms with E-state index in [4.69, 9.17) is 23.8 Å². The van der Waals surface area contributed by atoms with Crippen molar-refractivity contribution in [2.45, 2.75) is 9.50 Å². The summed E-state index contributed by atoms with van der Waals surface area (Å²) in [6.45, 7) is 3.79. The van der Waals surface area contributed by atoms with Crippen molar-refractivity contribution in [2.75, 3.05) is 6.54 Å². The summed E-state index contributed by atoms with van der Waals surface area (Å²) in [4.78, 5) is 35.0. The maximum Gasteiger partial charge on any atom is 0.265 e. The molecule has 2 aromatic rings. The Labute approximate surface area is 167 Å². The smallest absolute Gasteiger partial charge is 0.265 e. The van der Waals surface area contributed by atoms with E-state index >= 15 is 0 Å². The number of aromatic nitrogens is 3. The van der Waals surface area contributed by atoms with Crippen molar-refractivity contribution in [3.05, 3.63) is 40.7 Å². The molecule has 26 heavy (non-hydrogen) atoms. The van der Waals surface area contributed by atoms with E-state index in [1.54, 1.807) is 6.20 Å². The number of thiazole rings is 1. The molecule has 1 aliphatic heterocycles. The lowest BCUT2D eigenvalue weighted by Gasteiger charge is -2.27. The summed E-state index contributed by atoms with van der Waals surface area (Å²) in [5, 5.41) is 3.51. The molecular formula is C15H12ClN5O2S3. The van der Waals surface area contributed by atoms with Crippen molar-refractivity contribution in [1.82, 2.24) is 24.8 Å². The lowest BCUT2D eigenvalue weighted by Crippen LogP contribution is -2.53. The van der Waals surface area contributed by atoms with Gasteiger partial charge in [-0.3, -0.25) is 19.8 Å². The average Bonchev–Trinajstić information content (AvgIpc) is 3.14. The van der Waals surface area contributed by atoms with Gasteiger partial charge in [-0.25, -0.2) is 9.97 Å². The lowest BCUT2D eigenvalue weighted by molar-refractivity contribution is -0.128. The van der Waals surface area contributed by atoms with Crippen LogP contribution in [0.15, 0.2) is 40.1 Å². The van der Waals surface area contributed by atoms with Gasteiger partial charge in [-0.2, -0.15) is 0 Å². The zero-order valence-electron chi connectivity index (χ0n) is 13.4. The summed E-state index contributed by atoms with van der Waals surface area (Å²) in [7, 11) is 1.87. The first-order valence-corrected chi connectivity index (χ1v) is 9.64. The second-order valence-electron chi connectivity index (χ2n) is 5.08. The third-order valence-electron chi connectivity index (χ3n) is 3.32. The number of nitrogens with zero attached hydrogens (tertiary/aromatic N) is 4. The van der Waals surface area contributed by atoms with Gasteiger partial charge in [-0.1, -0.05) is 17.7 Å². The number of rotatable bonds is 5. The Bertz CT molecular complexity index is 949. The van der Waals surface area contributed by atoms with Crippen LogP contribution in [0.3, 0.4) is 0 Å². The Morgan fingerprint density at radius 2 is 2.27 bits per heavy atom. The number of imidazole rings is 1. The normalized spacial score (nSPS) is 16.3. The number of aryl methyl sites for hydroxylation is 1. The fraction of sp³-hybridized carbons (Fsp3) is 0.133. The molecule has 0 aliphatic carbocycles. The summed E-state index contributed by atoms with van der Waals surface area (Å²) in [6.07, 6.45) is 6.46. The molecule has 11 heteroatoms. The summed E-state index contributed by atoms with van der Waals surface area (Å²) >= 11 is 13.8. The monoisotopic (exact) mass is 425 g/mol. The van der Waals surface area contributed by atoms with Crippen molar-refractivity contribution in [1.29, 1.82) is 0 Å². The van der Waals surface area contributed by atoms with Gasteiger partial charge in [0.1, 0.15) is 10.7 Å². The molecule has 1 saturated heterocycles. The van der Waals surface area contributed by atoms with E-state index in [1.165, 1.54) is 40.2 Å². The Hall–Kier alpha value is -2.01. The van der Waals surface area contributed by atoms with Crippen LogP contribution in [0.25, 0.3) is 6.08 Å². The lowest BCUT2D eigenvalue weighted by atomic mass is 10.1. The van der Waals surface area contributed by atoms with E-state index < -0.39 is 11.8 Å². The quantitative estimate of drug-likeness (QED) is 0.343. The highest BCUT2D eigenvalue weighted by atomic mass is 35.5. The standard InChI is InChI=1S/C15H12ClN5O2S3/c1-3-5-21-12(23)8(11(22)19-13(21)24)7-9-10(16)18-15(25-9)26-14-17-4-6-20(14)2/h3-4,6-7H,1,5H2,2H3,(H,19,22,24)/b8-7+. The highest BCUT2D eigenvalue weighted by molar-refractivity contribution is 8.00. The van der Waals surface area contributed by atoms with Crippen LogP contribution < -0.4 is 5.32 Å². The van der Waals surface area contributed by atoms with Crippen LogP contribution >= 0.6 is 46.9 Å². The Morgan fingerprint density at radius 3 is 2.92 bits per heavy atom. The minimum atomic E-state index is -0.567. The van der Waals surface area contributed by atoms with E-state index in [2.05, 4.69) is 21.9 Å². The SMILES string of the molecule is C=CCN1C(=O)/C(=C/c2sc(Sc3nccn3C)nc2Cl)C(=O)NC1=S. The number of hydrogen-bond acceptors (Lipinski definition) is 7. The maximum absolute atomic E-state index is 12.5. The summed E-state index contributed by atoms with van der Waals surface area (Å²) in [5.74, 6) is -1.07. The Kier molecular flexibility index (Phi) is 5.56. The van der Waals surface area contributed by atoms with Crippen molar-refractivity contribution >= 4 is 69.9 Å². The summed E-state index contributed by atoms with van der Waals surface area (Å²) in [6, 6.07) is 0. The first kappa shape index (κ1) is 18.8. The molecule has 0 unspecified atom stereocenters. The van der Waals surface area contributed by atoms with Gasteiger partial charge in [0.25, 0.3) is 11.8 Å². The minimum absolute atomic E-state index is 0.0541. The highest BCUT2D eigenvalue weighted by Crippen LogP contribution is 2.35. The van der Waals surface area contributed by atoms with E-state index in [9.17, 15) is 9.59 Å². The average molecular weight is 426 g/mol. The van der Waals surface area contributed by atoms with E-state index in [0.29, 0.717) is 9.22 Å². The van der Waals surface area contributed by atoms with Crippen LogP contribution in [0, 0.1) is 0 Å². The fourth-order valence-corrected chi connectivity index (χ4v) is 4.58. The third-order valence-corrected chi connectivity index (χ3v) is 6.18. The molecule has 1 aliphatic rings. The Morgan fingerprint density at radius 1 is 1.50 bits per heavy atom. The van der Waals surface area contributed by atoms with Crippen LogP contribution in [-0.2, 0) is 16.6 Å². The topological polar surface area (TPSA) is 80.1 Å². The molecule has 0 spiro atoms. The fourth-order valence-electron chi connectivity index (χ4n) is 2.08. The van der Waals surface area contributed by atoms with Crippen molar-refractivity contribution in [2.24, 2.45) is 7.05 Å². The number of halogens is 1. The van der Waals surface area contributed by atoms with Crippen molar-refractivity contribution in [3.63, 3.8) is 0 Å². The minimum Gasteiger partial charge on any atom is -0.329 e. The molecule has 0 radical (unpaired) electrons. The van der Waals surface area contributed by atoms with E-state index in [0.717, 1.165) is 5.16 Å². The molecule has 7 nitrogen and oxygen atoms in total. The highest BCUT2D eigenvalue weighted by Gasteiger charge is 2.33. The second-order valence-corrected chi connectivity index (χ2v) is 8.07. The largest absolute Gasteiger partial charge is 0.329 e. The second kappa shape index (κ2) is 7.70. The zero-order valence-corrected chi connectivity index (χ0v) is 16.6. The van der Waals surface area contributed by atoms with Crippen LogP contribution in [0.4, 0.5) is 0 Å². The van der Waals surface area contributed by atoms with Gasteiger partial charge >= 0.3 is 0 Å². The number of hydrogen-bond donors (Lipinski definition) is 1. The molecule has 1 N–H and O–H groups in total. The van der Waals surface area contributed by atoms with Gasteiger partial charge in [0.15, 0.2) is 14.6 Å². The molecule has 1 fully saturated rings. The molecule has 0 aromatic carbocycles. The third kappa shape index (κ3) is 3.73. The Balaban J connectivity index is 1.90. The molecule has 0 bridgehead atoms. The van der Waals surface area contributed by atoms with Crippen molar-refractivity contribution in [3.8, 4) is 0 Å². The predicted octanol–water partition coefficient (Wildman–Crippen LogP) is 2.49. The molecule has 0 saturated carbocycles. The maximum atomic E-state index is 12.5. The van der Waals surface area contributed by atoms with Crippen LogP contribution in [-0.4, -0.2) is 42.9 Å². The molecule has 3 rings (SSSR count). The molecule has 0 atom stereocenters. The summed E-state index contributed by atoms with van der Waals surface area (Å²) < 4.78 is 2.50. The first-order chi connectivity index (χ1) is 12.4. The molecule has 2 aromatic heterocycles. The van der Waals surface area contributed by atoms with Gasteiger partial charge in [0, 0.05) is 26.0 Å².